The van der Waals surface area contributed by atoms with Crippen molar-refractivity contribution in [2.24, 2.45) is 0 Å². The van der Waals surface area contributed by atoms with Crippen LogP contribution in [0, 0.1) is 0 Å². The van der Waals surface area contributed by atoms with Gasteiger partial charge in [-0.3, -0.25) is 0 Å². The van der Waals surface area contributed by atoms with Crippen LogP contribution in [0.25, 0.3) is 11.3 Å². The Bertz CT molecular complexity index is 569. The van der Waals surface area contributed by atoms with E-state index in [1.54, 1.807) is 19.1 Å². The zero-order valence-electron chi connectivity index (χ0n) is 9.89. The number of rotatable bonds is 3. The van der Waals surface area contributed by atoms with Crippen LogP contribution in [0.1, 0.15) is 17.3 Å². The fourth-order valence-corrected chi connectivity index (χ4v) is 1.93. The van der Waals surface area contributed by atoms with Crippen LogP contribution in [0.15, 0.2) is 47.1 Å². The van der Waals surface area contributed by atoms with Crippen LogP contribution in [0.4, 0.5) is 0 Å². The third kappa shape index (κ3) is 2.96. The van der Waals surface area contributed by atoms with Crippen molar-refractivity contribution in [3.63, 3.8) is 0 Å². The summed E-state index contributed by atoms with van der Waals surface area (Å²) in [5.41, 5.74) is 2.24. The fourth-order valence-electron chi connectivity index (χ4n) is 1.59. The summed E-state index contributed by atoms with van der Waals surface area (Å²) >= 11 is 3.33. The number of carbonyl (C=O) groups is 1. The molecule has 0 N–H and O–H groups in total. The second-order valence-corrected chi connectivity index (χ2v) is 4.46. The highest BCUT2D eigenvalue weighted by Crippen LogP contribution is 2.20. The molecule has 2 rings (SSSR count). The van der Waals surface area contributed by atoms with Crippen molar-refractivity contribution in [2.75, 3.05) is 6.61 Å². The quantitative estimate of drug-likeness (QED) is 0.641. The highest BCUT2D eigenvalue weighted by molar-refractivity contribution is 9.10. The van der Waals surface area contributed by atoms with E-state index in [1.165, 1.54) is 0 Å². The van der Waals surface area contributed by atoms with E-state index in [4.69, 9.17) is 4.74 Å². The lowest BCUT2D eigenvalue weighted by atomic mass is 10.1. The Morgan fingerprint density at radius 1 is 1.28 bits per heavy atom. The number of esters is 1. The molecule has 0 spiro atoms. The van der Waals surface area contributed by atoms with Gasteiger partial charge in [0, 0.05) is 5.56 Å². The van der Waals surface area contributed by atoms with Crippen LogP contribution in [0.5, 0.6) is 0 Å². The number of benzene rings is 1. The minimum atomic E-state index is -0.311. The van der Waals surface area contributed by atoms with E-state index in [2.05, 4.69) is 20.9 Å². The summed E-state index contributed by atoms with van der Waals surface area (Å²) in [4.78, 5) is 16.0. The summed E-state index contributed by atoms with van der Waals surface area (Å²) < 4.78 is 5.74. The SMILES string of the molecule is CCOC(=O)c1cccc(-c2cccc(Br)n2)c1. The topological polar surface area (TPSA) is 39.2 Å². The normalized spacial score (nSPS) is 10.1. The smallest absolute Gasteiger partial charge is 0.338 e. The lowest BCUT2D eigenvalue weighted by Gasteiger charge is -2.05. The molecule has 1 heterocycles. The number of nitrogens with zero attached hydrogens (tertiary/aromatic N) is 1. The Morgan fingerprint density at radius 3 is 2.78 bits per heavy atom. The van der Waals surface area contributed by atoms with Crippen molar-refractivity contribution in [1.82, 2.24) is 4.98 Å². The summed E-state index contributed by atoms with van der Waals surface area (Å²) in [6.45, 7) is 2.16. The maximum absolute atomic E-state index is 11.6. The Kier molecular flexibility index (Phi) is 4.10. The van der Waals surface area contributed by atoms with Gasteiger partial charge < -0.3 is 4.74 Å². The van der Waals surface area contributed by atoms with Crippen molar-refractivity contribution in [2.45, 2.75) is 6.92 Å². The molecule has 2 aromatic rings. The average Bonchev–Trinajstić information content (AvgIpc) is 2.39. The van der Waals surface area contributed by atoms with E-state index >= 15 is 0 Å². The molecule has 0 fully saturated rings. The van der Waals surface area contributed by atoms with Gasteiger partial charge >= 0.3 is 5.97 Å². The minimum Gasteiger partial charge on any atom is -0.462 e. The standard InChI is InChI=1S/C14H12BrNO2/c1-2-18-14(17)11-6-3-5-10(9-11)12-7-4-8-13(15)16-12/h3-9H,2H2,1H3. The molecule has 0 amide bonds. The maximum Gasteiger partial charge on any atom is 0.338 e. The van der Waals surface area contributed by atoms with Gasteiger partial charge in [-0.1, -0.05) is 18.2 Å². The van der Waals surface area contributed by atoms with Gasteiger partial charge in [0.25, 0.3) is 0 Å². The van der Waals surface area contributed by atoms with Gasteiger partial charge in [0.2, 0.25) is 0 Å². The van der Waals surface area contributed by atoms with E-state index in [1.807, 2.05) is 30.3 Å². The van der Waals surface area contributed by atoms with Gasteiger partial charge in [-0.15, -0.1) is 0 Å². The molecule has 0 saturated heterocycles. The van der Waals surface area contributed by atoms with Crippen molar-refractivity contribution >= 4 is 21.9 Å². The van der Waals surface area contributed by atoms with Crippen LogP contribution in [0.3, 0.4) is 0 Å². The molecule has 4 heteroatoms. The Morgan fingerprint density at radius 2 is 2.06 bits per heavy atom. The van der Waals surface area contributed by atoms with Gasteiger partial charge in [0.15, 0.2) is 0 Å². The molecule has 0 atom stereocenters. The zero-order chi connectivity index (χ0) is 13.0. The molecule has 0 bridgehead atoms. The average molecular weight is 306 g/mol. The monoisotopic (exact) mass is 305 g/mol. The van der Waals surface area contributed by atoms with Crippen LogP contribution >= 0.6 is 15.9 Å². The molecule has 18 heavy (non-hydrogen) atoms. The minimum absolute atomic E-state index is 0.311. The first-order valence-corrected chi connectivity index (χ1v) is 6.40. The highest BCUT2D eigenvalue weighted by atomic mass is 79.9. The predicted molar refractivity (Wildman–Crippen MR) is 73.3 cm³/mol. The molecule has 0 unspecified atom stereocenters. The van der Waals surface area contributed by atoms with Gasteiger partial charge in [-0.25, -0.2) is 9.78 Å². The third-order valence-electron chi connectivity index (χ3n) is 2.38. The van der Waals surface area contributed by atoms with Crippen molar-refractivity contribution in [3.05, 3.63) is 52.6 Å². The van der Waals surface area contributed by atoms with E-state index in [-0.39, 0.29) is 5.97 Å². The molecule has 0 aliphatic carbocycles. The first kappa shape index (κ1) is 12.8. The Hall–Kier alpha value is -1.68. The molecule has 3 nitrogen and oxygen atoms in total. The second-order valence-electron chi connectivity index (χ2n) is 3.65. The first-order valence-electron chi connectivity index (χ1n) is 5.61. The highest BCUT2D eigenvalue weighted by Gasteiger charge is 2.08. The molecule has 1 aromatic heterocycles. The second kappa shape index (κ2) is 5.78. The Labute approximate surface area is 114 Å². The third-order valence-corrected chi connectivity index (χ3v) is 2.83. The molecule has 0 aliphatic heterocycles. The van der Waals surface area contributed by atoms with E-state index in [0.717, 1.165) is 15.9 Å². The van der Waals surface area contributed by atoms with Crippen LogP contribution < -0.4 is 0 Å². The molecule has 0 saturated carbocycles. The number of aromatic nitrogens is 1. The maximum atomic E-state index is 11.6. The molecule has 0 aliphatic rings. The number of ether oxygens (including phenoxy) is 1. The van der Waals surface area contributed by atoms with Crippen LogP contribution in [-0.2, 0) is 4.74 Å². The number of hydrogen-bond acceptors (Lipinski definition) is 3. The number of hydrogen-bond donors (Lipinski definition) is 0. The lowest BCUT2D eigenvalue weighted by molar-refractivity contribution is 0.0526. The van der Waals surface area contributed by atoms with Crippen molar-refractivity contribution < 1.29 is 9.53 Å². The molecular weight excluding hydrogens is 294 g/mol. The number of carbonyl (C=O) groups excluding carboxylic acids is 1. The summed E-state index contributed by atoms with van der Waals surface area (Å²) in [6.07, 6.45) is 0. The summed E-state index contributed by atoms with van der Waals surface area (Å²) in [5, 5.41) is 0. The van der Waals surface area contributed by atoms with Gasteiger partial charge in [-0.05, 0) is 47.1 Å². The van der Waals surface area contributed by atoms with E-state index in [0.29, 0.717) is 12.2 Å². The van der Waals surface area contributed by atoms with Gasteiger partial charge in [-0.2, -0.15) is 0 Å². The van der Waals surface area contributed by atoms with Gasteiger partial charge in [0.1, 0.15) is 4.60 Å². The predicted octanol–water partition coefficient (Wildman–Crippen LogP) is 3.69. The molecule has 1 aromatic carbocycles. The Balaban J connectivity index is 2.35. The number of halogens is 1. The summed E-state index contributed by atoms with van der Waals surface area (Å²) in [6, 6.07) is 12.9. The zero-order valence-corrected chi connectivity index (χ0v) is 11.5. The fraction of sp³-hybridized carbons (Fsp3) is 0.143. The molecule has 92 valence electrons. The summed E-state index contributed by atoms with van der Waals surface area (Å²) in [7, 11) is 0. The molecular formula is C14H12BrNO2. The summed E-state index contributed by atoms with van der Waals surface area (Å²) in [5.74, 6) is -0.311. The van der Waals surface area contributed by atoms with Crippen LogP contribution in [-0.4, -0.2) is 17.6 Å². The largest absolute Gasteiger partial charge is 0.462 e. The van der Waals surface area contributed by atoms with Gasteiger partial charge in [0.05, 0.1) is 17.9 Å². The van der Waals surface area contributed by atoms with Crippen LogP contribution in [0.2, 0.25) is 0 Å². The van der Waals surface area contributed by atoms with Crippen molar-refractivity contribution in [3.8, 4) is 11.3 Å². The van der Waals surface area contributed by atoms with E-state index < -0.39 is 0 Å². The number of pyridine rings is 1. The first-order chi connectivity index (χ1) is 8.70. The van der Waals surface area contributed by atoms with Crippen molar-refractivity contribution in [1.29, 1.82) is 0 Å². The lowest BCUT2D eigenvalue weighted by Crippen LogP contribution is -2.04. The van der Waals surface area contributed by atoms with E-state index in [9.17, 15) is 4.79 Å². The molecule has 0 radical (unpaired) electrons.